The van der Waals surface area contributed by atoms with Crippen molar-refractivity contribution < 1.29 is 0 Å². The maximum absolute atomic E-state index is 6.15. The minimum absolute atomic E-state index is 0.657. The van der Waals surface area contributed by atoms with Crippen molar-refractivity contribution in [2.45, 2.75) is 12.8 Å². The first-order valence-corrected chi connectivity index (χ1v) is 5.43. The van der Waals surface area contributed by atoms with E-state index in [9.17, 15) is 0 Å². The van der Waals surface area contributed by atoms with Crippen LogP contribution in [0.1, 0.15) is 12.0 Å². The van der Waals surface area contributed by atoms with Crippen molar-refractivity contribution in [2.75, 3.05) is 24.5 Å². The van der Waals surface area contributed by atoms with E-state index in [1.807, 2.05) is 12.1 Å². The van der Waals surface area contributed by atoms with Gasteiger partial charge >= 0.3 is 0 Å². The van der Waals surface area contributed by atoms with Gasteiger partial charge in [-0.1, -0.05) is 17.7 Å². The van der Waals surface area contributed by atoms with Crippen molar-refractivity contribution in [3.05, 3.63) is 28.8 Å². The van der Waals surface area contributed by atoms with Gasteiger partial charge in [-0.2, -0.15) is 0 Å². The van der Waals surface area contributed by atoms with Crippen molar-refractivity contribution in [2.24, 2.45) is 5.73 Å². The van der Waals surface area contributed by atoms with Gasteiger partial charge in [0, 0.05) is 23.8 Å². The van der Waals surface area contributed by atoms with Crippen LogP contribution in [-0.4, -0.2) is 19.6 Å². The molecule has 2 rings (SSSR count). The fourth-order valence-corrected chi connectivity index (χ4v) is 2.06. The summed E-state index contributed by atoms with van der Waals surface area (Å²) < 4.78 is 0. The number of hydrogen-bond donors (Lipinski definition) is 1. The van der Waals surface area contributed by atoms with Gasteiger partial charge in [0.05, 0.1) is 0 Å². The van der Waals surface area contributed by atoms with Crippen molar-refractivity contribution in [3.63, 3.8) is 0 Å². The second kappa shape index (κ2) is 4.20. The predicted molar refractivity (Wildman–Crippen MR) is 61.0 cm³/mol. The summed E-state index contributed by atoms with van der Waals surface area (Å²) in [6.45, 7) is 2.96. The van der Waals surface area contributed by atoms with Crippen LogP contribution >= 0.6 is 11.6 Å². The highest BCUT2D eigenvalue weighted by molar-refractivity contribution is 6.31. The smallest absolute Gasteiger partial charge is 0.0459 e. The van der Waals surface area contributed by atoms with Crippen LogP contribution in [0.4, 0.5) is 5.69 Å². The second-order valence-electron chi connectivity index (χ2n) is 3.62. The molecule has 1 heterocycles. The number of nitrogens with zero attached hydrogens (tertiary/aromatic N) is 1. The molecule has 14 heavy (non-hydrogen) atoms. The van der Waals surface area contributed by atoms with Crippen molar-refractivity contribution >= 4 is 17.3 Å². The largest absolute Gasteiger partial charge is 0.371 e. The topological polar surface area (TPSA) is 29.3 Å². The molecule has 0 saturated carbocycles. The summed E-state index contributed by atoms with van der Waals surface area (Å²) in [5.74, 6) is 0. The zero-order valence-electron chi connectivity index (χ0n) is 8.17. The van der Waals surface area contributed by atoms with E-state index >= 15 is 0 Å². The van der Waals surface area contributed by atoms with Crippen molar-refractivity contribution in [1.82, 2.24) is 0 Å². The second-order valence-corrected chi connectivity index (χ2v) is 4.02. The van der Waals surface area contributed by atoms with Crippen molar-refractivity contribution in [1.29, 1.82) is 0 Å². The Hall–Kier alpha value is -0.730. The number of halogens is 1. The average Bonchev–Trinajstić information content (AvgIpc) is 2.08. The van der Waals surface area contributed by atoms with E-state index in [1.165, 1.54) is 17.7 Å². The molecule has 1 aromatic carbocycles. The minimum Gasteiger partial charge on any atom is -0.371 e. The third-order valence-electron chi connectivity index (χ3n) is 2.69. The van der Waals surface area contributed by atoms with Crippen LogP contribution in [-0.2, 0) is 6.42 Å². The first kappa shape index (κ1) is 9.81. The maximum atomic E-state index is 6.15. The number of nitrogens with two attached hydrogens (primary N) is 1. The molecule has 0 unspecified atom stereocenters. The summed E-state index contributed by atoms with van der Waals surface area (Å²) in [5.41, 5.74) is 8.06. The lowest BCUT2D eigenvalue weighted by molar-refractivity contribution is 0.614. The van der Waals surface area contributed by atoms with Gasteiger partial charge in [-0.15, -0.1) is 0 Å². The van der Waals surface area contributed by atoms with E-state index in [0.29, 0.717) is 6.54 Å². The highest BCUT2D eigenvalue weighted by Crippen LogP contribution is 2.30. The maximum Gasteiger partial charge on any atom is 0.0459 e. The summed E-state index contributed by atoms with van der Waals surface area (Å²) in [6, 6.07) is 6.09. The Labute approximate surface area is 89.7 Å². The molecule has 1 aliphatic rings. The van der Waals surface area contributed by atoms with Gasteiger partial charge in [0.2, 0.25) is 0 Å². The van der Waals surface area contributed by atoms with Gasteiger partial charge in [0.25, 0.3) is 0 Å². The Bertz CT molecular complexity index is 321. The molecule has 0 radical (unpaired) electrons. The van der Waals surface area contributed by atoms with Crippen molar-refractivity contribution in [3.8, 4) is 0 Å². The zero-order valence-corrected chi connectivity index (χ0v) is 8.93. The summed E-state index contributed by atoms with van der Waals surface area (Å²) in [5, 5.41) is 0.847. The minimum atomic E-state index is 0.657. The fourth-order valence-electron chi connectivity index (χ4n) is 1.79. The van der Waals surface area contributed by atoms with E-state index in [0.717, 1.165) is 24.5 Å². The zero-order chi connectivity index (χ0) is 9.97. The third-order valence-corrected chi connectivity index (χ3v) is 3.04. The highest BCUT2D eigenvalue weighted by Gasteiger charge is 2.18. The number of anilines is 1. The highest BCUT2D eigenvalue weighted by atomic mass is 35.5. The number of rotatable bonds is 3. The molecule has 0 spiro atoms. The molecule has 1 fully saturated rings. The molecule has 1 aromatic rings. The molecule has 2 N–H and O–H groups in total. The number of benzene rings is 1. The molecule has 76 valence electrons. The van der Waals surface area contributed by atoms with E-state index in [4.69, 9.17) is 17.3 Å². The predicted octanol–water partition coefficient (Wildman–Crippen LogP) is 2.05. The summed E-state index contributed by atoms with van der Waals surface area (Å²) in [7, 11) is 0. The van der Waals surface area contributed by atoms with E-state index < -0.39 is 0 Å². The Morgan fingerprint density at radius 1 is 1.36 bits per heavy atom. The van der Waals surface area contributed by atoms with Crippen LogP contribution in [0.25, 0.3) is 0 Å². The molecule has 1 aliphatic heterocycles. The van der Waals surface area contributed by atoms with Gasteiger partial charge in [0.15, 0.2) is 0 Å². The van der Waals surface area contributed by atoms with Gasteiger partial charge in [-0.05, 0) is 37.1 Å². The molecule has 2 nitrogen and oxygen atoms in total. The fraction of sp³-hybridized carbons (Fsp3) is 0.455. The average molecular weight is 211 g/mol. The van der Waals surface area contributed by atoms with Crippen LogP contribution in [0, 0.1) is 0 Å². The standard InChI is InChI=1S/C11H15ClN2/c12-10-3-1-4-11(9(10)5-6-13)14-7-2-8-14/h1,3-4H,2,5-8,13H2. The molecule has 0 aliphatic carbocycles. The Morgan fingerprint density at radius 3 is 2.71 bits per heavy atom. The third kappa shape index (κ3) is 1.72. The quantitative estimate of drug-likeness (QED) is 0.828. The molecule has 0 atom stereocenters. The normalized spacial score (nSPS) is 15.4. The summed E-state index contributed by atoms with van der Waals surface area (Å²) in [4.78, 5) is 2.36. The Morgan fingerprint density at radius 2 is 2.14 bits per heavy atom. The van der Waals surface area contributed by atoms with Gasteiger partial charge in [-0.3, -0.25) is 0 Å². The Kier molecular flexibility index (Phi) is 2.94. The first-order valence-electron chi connectivity index (χ1n) is 5.05. The SMILES string of the molecule is NCCc1c(Cl)cccc1N1CCC1. The van der Waals surface area contributed by atoms with Crippen LogP contribution in [0.3, 0.4) is 0 Å². The molecule has 0 bridgehead atoms. The molecular weight excluding hydrogens is 196 g/mol. The lowest BCUT2D eigenvalue weighted by Gasteiger charge is -2.35. The van der Waals surface area contributed by atoms with Gasteiger partial charge < -0.3 is 10.6 Å². The van der Waals surface area contributed by atoms with Gasteiger partial charge in [0.1, 0.15) is 0 Å². The lowest BCUT2D eigenvalue weighted by Crippen LogP contribution is -2.37. The molecule has 0 amide bonds. The summed E-state index contributed by atoms with van der Waals surface area (Å²) >= 11 is 6.15. The van der Waals surface area contributed by atoms with Crippen LogP contribution < -0.4 is 10.6 Å². The summed E-state index contributed by atoms with van der Waals surface area (Å²) in [6.07, 6.45) is 2.15. The van der Waals surface area contributed by atoms with Crippen LogP contribution in [0.15, 0.2) is 18.2 Å². The van der Waals surface area contributed by atoms with Crippen LogP contribution in [0.2, 0.25) is 5.02 Å². The molecular formula is C11H15ClN2. The first-order chi connectivity index (χ1) is 6.83. The Balaban J connectivity index is 2.31. The molecule has 1 saturated heterocycles. The molecule has 0 aromatic heterocycles. The van der Waals surface area contributed by atoms with Gasteiger partial charge in [-0.25, -0.2) is 0 Å². The lowest BCUT2D eigenvalue weighted by atomic mass is 10.1. The van der Waals surface area contributed by atoms with E-state index in [1.54, 1.807) is 0 Å². The number of hydrogen-bond acceptors (Lipinski definition) is 2. The van der Waals surface area contributed by atoms with Crippen LogP contribution in [0.5, 0.6) is 0 Å². The van der Waals surface area contributed by atoms with E-state index in [2.05, 4.69) is 11.0 Å². The monoisotopic (exact) mass is 210 g/mol. The molecule has 3 heteroatoms. The van der Waals surface area contributed by atoms with E-state index in [-0.39, 0.29) is 0 Å².